The first kappa shape index (κ1) is 47.2. The van der Waals surface area contributed by atoms with Crippen molar-refractivity contribution in [2.24, 2.45) is 0 Å². The van der Waals surface area contributed by atoms with E-state index in [0.717, 1.165) is 0 Å². The maximum Gasteiger partial charge on any atom is 0.256 e. The largest absolute Gasteiger partial charge is 0.256 e. The average molecular weight is 700 g/mol. The minimum atomic E-state index is 1.23. The summed E-state index contributed by atoms with van der Waals surface area (Å²) >= 11 is 0. The number of aromatic nitrogens is 2. The number of hydrogen-bond donors (Lipinski definition) is 0. The van der Waals surface area contributed by atoms with Gasteiger partial charge < -0.3 is 0 Å². The standard InChI is InChI=1S/C48H95N2/c1-4-7-10-13-16-19-21-23-25-26-28-30-33-36-39-42-45-50-47-46-49(48(50)43-40-37-34-31-18-15-12-9-6-3)44-41-38-35-32-29-27-24-22-20-17-14-11-8-5-2/h46-47H,4-45H2,1-3H3/q+1. The average Bonchev–Trinajstić information content (AvgIpc) is 3.51. The van der Waals surface area contributed by atoms with Crippen molar-refractivity contribution in [1.82, 2.24) is 4.57 Å². The Hall–Kier alpha value is -0.790. The lowest BCUT2D eigenvalue weighted by molar-refractivity contribution is -0.704. The van der Waals surface area contributed by atoms with Crippen molar-refractivity contribution in [3.8, 4) is 0 Å². The summed E-state index contributed by atoms with van der Waals surface area (Å²) in [6.07, 6.45) is 62.3. The molecule has 0 fully saturated rings. The van der Waals surface area contributed by atoms with Crippen LogP contribution in [0.2, 0.25) is 0 Å². The summed E-state index contributed by atoms with van der Waals surface area (Å²) in [6, 6.07) is 0. The van der Waals surface area contributed by atoms with E-state index in [1.54, 1.807) is 5.82 Å². The lowest BCUT2D eigenvalue weighted by atomic mass is 10.0. The molecule has 2 nitrogen and oxygen atoms in total. The molecule has 0 spiro atoms. The molecule has 1 rings (SSSR count). The summed E-state index contributed by atoms with van der Waals surface area (Å²) in [7, 11) is 0. The molecule has 0 N–H and O–H groups in total. The molecule has 0 amide bonds. The van der Waals surface area contributed by atoms with E-state index in [0.29, 0.717) is 0 Å². The second-order valence-electron chi connectivity index (χ2n) is 16.6. The Bertz CT molecular complexity index is 766. The summed E-state index contributed by atoms with van der Waals surface area (Å²) in [5.74, 6) is 1.63. The van der Waals surface area contributed by atoms with Gasteiger partial charge in [0.15, 0.2) is 0 Å². The third kappa shape index (κ3) is 30.8. The van der Waals surface area contributed by atoms with Gasteiger partial charge in [-0.3, -0.25) is 0 Å². The van der Waals surface area contributed by atoms with Crippen LogP contribution in [0.4, 0.5) is 0 Å². The van der Waals surface area contributed by atoms with Crippen molar-refractivity contribution in [3.63, 3.8) is 0 Å². The fourth-order valence-electron chi connectivity index (χ4n) is 8.09. The van der Waals surface area contributed by atoms with Crippen molar-refractivity contribution in [3.05, 3.63) is 18.2 Å². The second kappa shape index (κ2) is 39.4. The molecule has 0 aliphatic rings. The van der Waals surface area contributed by atoms with Gasteiger partial charge in [-0.15, -0.1) is 0 Å². The van der Waals surface area contributed by atoms with Gasteiger partial charge in [0.1, 0.15) is 12.4 Å². The first-order chi connectivity index (χ1) is 24.8. The van der Waals surface area contributed by atoms with Gasteiger partial charge in [-0.2, -0.15) is 0 Å². The lowest BCUT2D eigenvalue weighted by Crippen LogP contribution is -2.37. The Morgan fingerprint density at radius 3 is 0.960 bits per heavy atom. The van der Waals surface area contributed by atoms with Crippen molar-refractivity contribution < 1.29 is 4.57 Å². The monoisotopic (exact) mass is 700 g/mol. The molecule has 0 atom stereocenters. The molecule has 0 bridgehead atoms. The molecule has 2 heteroatoms. The summed E-state index contributed by atoms with van der Waals surface area (Å²) < 4.78 is 5.30. The molecule has 0 radical (unpaired) electrons. The van der Waals surface area contributed by atoms with E-state index >= 15 is 0 Å². The normalized spacial score (nSPS) is 11.7. The van der Waals surface area contributed by atoms with Crippen molar-refractivity contribution in [2.45, 2.75) is 291 Å². The molecular weight excluding hydrogens is 605 g/mol. The van der Waals surface area contributed by atoms with Crippen LogP contribution in [0.15, 0.2) is 12.4 Å². The van der Waals surface area contributed by atoms with Crippen molar-refractivity contribution in [1.29, 1.82) is 0 Å². The smallest absolute Gasteiger partial charge is 0.234 e. The zero-order valence-electron chi connectivity index (χ0n) is 35.2. The van der Waals surface area contributed by atoms with Crippen LogP contribution in [0.1, 0.15) is 277 Å². The molecule has 0 unspecified atom stereocenters. The molecule has 1 aromatic rings. The SMILES string of the molecule is CCCCCCCCCCCCCCCCCC[n+]1ccn(CCCCCCCCCCCCCCCC)c1CCCCCCCCCCC. The molecule has 1 heterocycles. The van der Waals surface area contributed by atoms with Crippen LogP contribution < -0.4 is 4.57 Å². The number of unbranched alkanes of at least 4 members (excludes halogenated alkanes) is 36. The predicted octanol–water partition coefficient (Wildman–Crippen LogP) is 16.6. The molecule has 0 aliphatic heterocycles. The summed E-state index contributed by atoms with van der Waals surface area (Å²) in [5.41, 5.74) is 0. The Balaban J connectivity index is 2.23. The van der Waals surface area contributed by atoms with Crippen LogP contribution in [0, 0.1) is 0 Å². The minimum Gasteiger partial charge on any atom is -0.234 e. The van der Waals surface area contributed by atoms with E-state index in [1.807, 2.05) is 0 Å². The number of rotatable bonds is 42. The van der Waals surface area contributed by atoms with E-state index in [-0.39, 0.29) is 0 Å². The number of imidazole rings is 1. The van der Waals surface area contributed by atoms with Gasteiger partial charge in [0.2, 0.25) is 0 Å². The van der Waals surface area contributed by atoms with Crippen LogP contribution in [-0.2, 0) is 19.5 Å². The Morgan fingerprint density at radius 1 is 0.340 bits per heavy atom. The highest BCUT2D eigenvalue weighted by molar-refractivity contribution is 4.84. The van der Waals surface area contributed by atoms with E-state index < -0.39 is 0 Å². The summed E-state index contributed by atoms with van der Waals surface area (Å²) in [6.45, 7) is 9.42. The number of aryl methyl sites for hydroxylation is 2. The van der Waals surface area contributed by atoms with E-state index in [9.17, 15) is 0 Å². The van der Waals surface area contributed by atoms with Gasteiger partial charge in [0.05, 0.1) is 13.1 Å². The molecule has 0 aliphatic carbocycles. The summed E-state index contributed by atoms with van der Waals surface area (Å²) in [4.78, 5) is 0. The van der Waals surface area contributed by atoms with Gasteiger partial charge >= 0.3 is 0 Å². The molecular formula is C48H95N2+. The highest BCUT2D eigenvalue weighted by Crippen LogP contribution is 2.16. The first-order valence-corrected chi connectivity index (χ1v) is 23.9. The van der Waals surface area contributed by atoms with E-state index in [2.05, 4.69) is 42.3 Å². The number of nitrogens with zero attached hydrogens (tertiary/aromatic N) is 2. The van der Waals surface area contributed by atoms with Gasteiger partial charge in [-0.1, -0.05) is 239 Å². The summed E-state index contributed by atoms with van der Waals surface area (Å²) in [5, 5.41) is 0. The van der Waals surface area contributed by atoms with Crippen molar-refractivity contribution >= 4 is 0 Å². The lowest BCUT2D eigenvalue weighted by Gasteiger charge is -2.07. The predicted molar refractivity (Wildman–Crippen MR) is 225 cm³/mol. The third-order valence-corrected chi connectivity index (χ3v) is 11.6. The van der Waals surface area contributed by atoms with Crippen LogP contribution in [0.25, 0.3) is 0 Å². The topological polar surface area (TPSA) is 8.81 Å². The molecule has 50 heavy (non-hydrogen) atoms. The van der Waals surface area contributed by atoms with E-state index in [1.165, 1.54) is 270 Å². The first-order valence-electron chi connectivity index (χ1n) is 23.9. The fraction of sp³-hybridized carbons (Fsp3) is 0.938. The van der Waals surface area contributed by atoms with Gasteiger partial charge in [-0.05, 0) is 32.1 Å². The molecule has 0 saturated heterocycles. The van der Waals surface area contributed by atoms with Gasteiger partial charge in [-0.25, -0.2) is 9.13 Å². The van der Waals surface area contributed by atoms with Gasteiger partial charge in [0, 0.05) is 6.42 Å². The van der Waals surface area contributed by atoms with Gasteiger partial charge in [0.25, 0.3) is 5.82 Å². The zero-order valence-corrected chi connectivity index (χ0v) is 35.2. The Morgan fingerprint density at radius 2 is 0.620 bits per heavy atom. The van der Waals surface area contributed by atoms with Crippen LogP contribution >= 0.6 is 0 Å². The molecule has 1 aromatic heterocycles. The number of hydrogen-bond acceptors (Lipinski definition) is 0. The van der Waals surface area contributed by atoms with Crippen LogP contribution in [0.3, 0.4) is 0 Å². The fourth-order valence-corrected chi connectivity index (χ4v) is 8.09. The van der Waals surface area contributed by atoms with Crippen molar-refractivity contribution in [2.75, 3.05) is 0 Å². The Labute approximate surface area is 317 Å². The Kier molecular flexibility index (Phi) is 37.2. The highest BCUT2D eigenvalue weighted by Gasteiger charge is 2.16. The molecule has 0 aromatic carbocycles. The maximum absolute atomic E-state index is 2.65. The van der Waals surface area contributed by atoms with E-state index in [4.69, 9.17) is 0 Å². The maximum atomic E-state index is 2.65. The second-order valence-corrected chi connectivity index (χ2v) is 16.6. The molecule has 0 saturated carbocycles. The minimum absolute atomic E-state index is 1.23. The van der Waals surface area contributed by atoms with Crippen LogP contribution in [0.5, 0.6) is 0 Å². The highest BCUT2D eigenvalue weighted by atomic mass is 15.1. The quantitative estimate of drug-likeness (QED) is 0.0474. The molecule has 296 valence electrons. The third-order valence-electron chi connectivity index (χ3n) is 11.6. The van der Waals surface area contributed by atoms with Crippen LogP contribution in [-0.4, -0.2) is 4.57 Å². The zero-order chi connectivity index (χ0) is 35.8.